The normalized spacial score (nSPS) is 13.0. The highest BCUT2D eigenvalue weighted by Gasteiger charge is 2.21. The molecule has 0 aliphatic heterocycles. The van der Waals surface area contributed by atoms with Crippen LogP contribution in [-0.4, -0.2) is 30.5 Å². The molecule has 5 nitrogen and oxygen atoms in total. The number of benzene rings is 1. The number of nitrogens with one attached hydrogen (secondary N) is 2. The molecule has 0 bridgehead atoms. The second-order valence-electron chi connectivity index (χ2n) is 9.03. The van der Waals surface area contributed by atoms with Crippen LogP contribution in [0.25, 0.3) is 0 Å². The Bertz CT molecular complexity index is 793. The van der Waals surface area contributed by atoms with Crippen molar-refractivity contribution in [1.29, 1.82) is 0 Å². The van der Waals surface area contributed by atoms with Gasteiger partial charge in [-0.2, -0.15) is 0 Å². The van der Waals surface area contributed by atoms with Gasteiger partial charge in [0.25, 0.3) is 0 Å². The lowest BCUT2D eigenvalue weighted by Gasteiger charge is -2.24. The molecular weight excluding hydrogens is 432 g/mol. The number of amides is 1. The van der Waals surface area contributed by atoms with Crippen LogP contribution >= 0.6 is 11.3 Å². The molecule has 6 heteroatoms. The summed E-state index contributed by atoms with van der Waals surface area (Å²) in [6.07, 6.45) is 5.72. The molecular formula is C27H40N2O3S. The fourth-order valence-electron chi connectivity index (χ4n) is 3.83. The zero-order valence-corrected chi connectivity index (χ0v) is 21.2. The van der Waals surface area contributed by atoms with E-state index in [9.17, 15) is 9.59 Å². The topological polar surface area (TPSA) is 67.4 Å². The van der Waals surface area contributed by atoms with Crippen molar-refractivity contribution in [3.63, 3.8) is 0 Å². The molecule has 0 radical (unpaired) electrons. The zero-order valence-electron chi connectivity index (χ0n) is 20.3. The van der Waals surface area contributed by atoms with Crippen LogP contribution in [0.1, 0.15) is 69.7 Å². The van der Waals surface area contributed by atoms with Gasteiger partial charge in [-0.25, -0.2) is 4.79 Å². The lowest BCUT2D eigenvalue weighted by molar-refractivity contribution is -0.121. The van der Waals surface area contributed by atoms with Gasteiger partial charge in [0, 0.05) is 23.9 Å². The van der Waals surface area contributed by atoms with Crippen LogP contribution in [0.15, 0.2) is 47.8 Å². The summed E-state index contributed by atoms with van der Waals surface area (Å²) in [5.41, 5.74) is 0.957. The molecule has 0 aliphatic rings. The average Bonchev–Trinajstić information content (AvgIpc) is 3.31. The Hall–Kier alpha value is -2.18. The van der Waals surface area contributed by atoms with Crippen molar-refractivity contribution in [2.45, 2.75) is 84.4 Å². The summed E-state index contributed by atoms with van der Waals surface area (Å²) in [7, 11) is 0. The predicted molar refractivity (Wildman–Crippen MR) is 137 cm³/mol. The molecule has 2 rings (SSSR count). The Balaban J connectivity index is 1.84. The summed E-state index contributed by atoms with van der Waals surface area (Å²) < 4.78 is 5.40. The highest BCUT2D eigenvalue weighted by atomic mass is 32.1. The summed E-state index contributed by atoms with van der Waals surface area (Å²) >= 11 is 1.75. The van der Waals surface area contributed by atoms with Crippen LogP contribution < -0.4 is 10.6 Å². The molecule has 0 spiro atoms. The van der Waals surface area contributed by atoms with Gasteiger partial charge in [-0.05, 0) is 48.6 Å². The fourth-order valence-corrected chi connectivity index (χ4v) is 4.58. The van der Waals surface area contributed by atoms with E-state index < -0.39 is 6.09 Å². The predicted octanol–water partition coefficient (Wildman–Crippen LogP) is 6.13. The van der Waals surface area contributed by atoms with E-state index in [-0.39, 0.29) is 24.5 Å². The molecule has 0 saturated carbocycles. The van der Waals surface area contributed by atoms with Crippen molar-refractivity contribution in [2.24, 2.45) is 5.92 Å². The number of hydrogen-bond donors (Lipinski definition) is 2. The van der Waals surface area contributed by atoms with Crippen molar-refractivity contribution >= 4 is 23.2 Å². The number of carbonyl (C=O) groups is 2. The van der Waals surface area contributed by atoms with Crippen molar-refractivity contribution in [3.8, 4) is 0 Å². The van der Waals surface area contributed by atoms with Crippen LogP contribution in [-0.2, 0) is 22.6 Å². The first kappa shape index (κ1) is 27.1. The second-order valence-corrected chi connectivity index (χ2v) is 10.1. The van der Waals surface area contributed by atoms with Crippen molar-refractivity contribution in [2.75, 3.05) is 6.54 Å². The van der Waals surface area contributed by atoms with E-state index in [4.69, 9.17) is 4.74 Å². The second kappa shape index (κ2) is 15.6. The van der Waals surface area contributed by atoms with Gasteiger partial charge in [0.15, 0.2) is 0 Å². The maximum atomic E-state index is 12.9. The Morgan fingerprint density at radius 3 is 2.52 bits per heavy atom. The molecule has 1 heterocycles. The largest absolute Gasteiger partial charge is 0.445 e. The third-order valence-electron chi connectivity index (χ3n) is 5.56. The molecule has 33 heavy (non-hydrogen) atoms. The smallest absolute Gasteiger partial charge is 0.407 e. The number of thiophene rings is 1. The first-order valence-electron chi connectivity index (χ1n) is 12.2. The molecule has 0 fully saturated rings. The molecule has 0 aliphatic carbocycles. The number of unbranched alkanes of at least 4 members (excludes halogenated alkanes) is 1. The van der Waals surface area contributed by atoms with Gasteiger partial charge in [0.2, 0.25) is 0 Å². The number of Topliss-reactive ketones (excluding diaryl/α,β-unsaturated/α-hetero) is 1. The van der Waals surface area contributed by atoms with Crippen molar-refractivity contribution in [3.05, 3.63) is 58.3 Å². The third-order valence-corrected chi connectivity index (χ3v) is 6.50. The summed E-state index contributed by atoms with van der Waals surface area (Å²) in [4.78, 5) is 26.6. The van der Waals surface area contributed by atoms with E-state index >= 15 is 0 Å². The highest BCUT2D eigenvalue weighted by Crippen LogP contribution is 2.14. The fraction of sp³-hybridized carbons (Fsp3) is 0.556. The number of ether oxygens (including phenoxy) is 1. The molecule has 2 aromatic rings. The van der Waals surface area contributed by atoms with E-state index in [1.165, 1.54) is 4.88 Å². The zero-order chi connectivity index (χ0) is 23.9. The van der Waals surface area contributed by atoms with Crippen LogP contribution in [0, 0.1) is 5.92 Å². The Labute approximate surface area is 203 Å². The standard InChI is InChI=1S/C27H40N2O3S/c1-4-5-15-25(26(30)16-9-13-24-14-10-17-33-24)28-19-23(18-21(2)3)29-27(31)32-20-22-11-7-6-8-12-22/h6-8,10-12,14,17,21,23,25,28H,4-5,9,13,15-16,18-20H2,1-3H3,(H,29,31)/t23-,25+/m1/s1. The maximum absolute atomic E-state index is 12.9. The first-order chi connectivity index (χ1) is 16.0. The third kappa shape index (κ3) is 11.5. The lowest BCUT2D eigenvalue weighted by atomic mass is 9.99. The Morgan fingerprint density at radius 1 is 1.06 bits per heavy atom. The van der Waals surface area contributed by atoms with Crippen LogP contribution in [0.3, 0.4) is 0 Å². The van der Waals surface area contributed by atoms with Crippen molar-refractivity contribution < 1.29 is 14.3 Å². The average molecular weight is 473 g/mol. The molecule has 0 saturated heterocycles. The number of carbonyl (C=O) groups excluding carboxylic acids is 2. The minimum atomic E-state index is -0.418. The van der Waals surface area contributed by atoms with Gasteiger partial charge in [-0.3, -0.25) is 4.79 Å². The number of hydrogen-bond acceptors (Lipinski definition) is 5. The first-order valence-corrected chi connectivity index (χ1v) is 13.1. The van der Waals surface area contributed by atoms with Gasteiger partial charge in [0.05, 0.1) is 6.04 Å². The van der Waals surface area contributed by atoms with Crippen LogP contribution in [0.4, 0.5) is 4.79 Å². The SMILES string of the molecule is CCCC[C@H](NC[C@@H](CC(C)C)NC(=O)OCc1ccccc1)C(=O)CCCc1cccs1. The van der Waals surface area contributed by atoms with E-state index in [0.717, 1.165) is 44.1 Å². The van der Waals surface area contributed by atoms with Gasteiger partial charge < -0.3 is 15.4 Å². The molecule has 1 aromatic heterocycles. The van der Waals surface area contributed by atoms with E-state index in [1.807, 2.05) is 30.3 Å². The maximum Gasteiger partial charge on any atom is 0.407 e. The molecule has 2 atom stereocenters. The molecule has 1 aromatic carbocycles. The van der Waals surface area contributed by atoms with Crippen LogP contribution in [0.2, 0.25) is 0 Å². The number of alkyl carbamates (subject to hydrolysis) is 1. The highest BCUT2D eigenvalue weighted by molar-refractivity contribution is 7.09. The van der Waals surface area contributed by atoms with Gasteiger partial charge in [-0.1, -0.05) is 70.0 Å². The molecule has 0 unspecified atom stereocenters. The van der Waals surface area contributed by atoms with Gasteiger partial charge in [-0.15, -0.1) is 11.3 Å². The molecule has 2 N–H and O–H groups in total. The quantitative estimate of drug-likeness (QED) is 0.308. The number of ketones is 1. The Morgan fingerprint density at radius 2 is 1.85 bits per heavy atom. The minimum Gasteiger partial charge on any atom is -0.445 e. The Kier molecular flexibility index (Phi) is 12.8. The molecule has 1 amide bonds. The van der Waals surface area contributed by atoms with E-state index in [1.54, 1.807) is 11.3 Å². The summed E-state index contributed by atoms with van der Waals surface area (Å²) in [6.45, 7) is 7.22. The monoisotopic (exact) mass is 472 g/mol. The number of rotatable bonds is 16. The molecule has 182 valence electrons. The van der Waals surface area contributed by atoms with Gasteiger partial charge >= 0.3 is 6.09 Å². The van der Waals surface area contributed by atoms with Crippen LogP contribution in [0.5, 0.6) is 0 Å². The summed E-state index contributed by atoms with van der Waals surface area (Å²) in [6, 6.07) is 13.6. The number of aryl methyl sites for hydroxylation is 1. The van der Waals surface area contributed by atoms with E-state index in [2.05, 4.69) is 48.9 Å². The summed E-state index contributed by atoms with van der Waals surface area (Å²) in [5, 5.41) is 8.54. The summed E-state index contributed by atoms with van der Waals surface area (Å²) in [5.74, 6) is 0.691. The van der Waals surface area contributed by atoms with Gasteiger partial charge in [0.1, 0.15) is 12.4 Å². The minimum absolute atomic E-state index is 0.0867. The van der Waals surface area contributed by atoms with Crippen molar-refractivity contribution in [1.82, 2.24) is 10.6 Å². The van der Waals surface area contributed by atoms with E-state index in [0.29, 0.717) is 18.9 Å². The lowest BCUT2D eigenvalue weighted by Crippen LogP contribution is -2.47.